The summed E-state index contributed by atoms with van der Waals surface area (Å²) in [7, 11) is 1.49. The second-order valence-corrected chi connectivity index (χ2v) is 9.72. The van der Waals surface area contributed by atoms with E-state index in [9.17, 15) is 27.2 Å². The maximum atomic E-state index is 14.9. The van der Waals surface area contributed by atoms with E-state index in [1.807, 2.05) is 0 Å². The molecule has 2 aromatic carbocycles. The van der Waals surface area contributed by atoms with Gasteiger partial charge in [-0.05, 0) is 42.7 Å². The molecule has 0 unspecified atom stereocenters. The van der Waals surface area contributed by atoms with E-state index in [2.05, 4.69) is 15.5 Å². The number of carbonyl (C=O) groups is 2. The summed E-state index contributed by atoms with van der Waals surface area (Å²) in [5, 5.41) is 9.04. The highest BCUT2D eigenvalue weighted by atomic mass is 19.3. The van der Waals surface area contributed by atoms with Crippen LogP contribution in [-0.2, 0) is 15.0 Å². The number of fused-ring (bicyclic) bond motifs is 1. The van der Waals surface area contributed by atoms with Gasteiger partial charge >= 0.3 is 0 Å². The van der Waals surface area contributed by atoms with Gasteiger partial charge < -0.3 is 15.0 Å². The van der Waals surface area contributed by atoms with Crippen molar-refractivity contribution in [2.75, 3.05) is 19.0 Å². The molecule has 2 aliphatic rings. The molecular weight excluding hydrogens is 492 g/mol. The molecule has 37 heavy (non-hydrogen) atoms. The monoisotopic (exact) mass is 518 g/mol. The summed E-state index contributed by atoms with van der Waals surface area (Å²) in [5.41, 5.74) is -0.535. The summed E-state index contributed by atoms with van der Waals surface area (Å²) in [5.74, 6) is -4.42. The lowest BCUT2D eigenvalue weighted by molar-refractivity contribution is -0.146. The topological polar surface area (TPSA) is 87.3 Å². The van der Waals surface area contributed by atoms with Crippen LogP contribution in [0.15, 0.2) is 42.6 Å². The number of nitrogens with zero attached hydrogens (tertiary/aromatic N) is 2. The van der Waals surface area contributed by atoms with E-state index in [1.165, 1.54) is 25.4 Å². The Kier molecular flexibility index (Phi) is 6.33. The van der Waals surface area contributed by atoms with Crippen molar-refractivity contribution in [3.05, 3.63) is 54.0 Å². The first-order chi connectivity index (χ1) is 17.6. The van der Waals surface area contributed by atoms with Crippen LogP contribution in [0.1, 0.15) is 37.7 Å². The van der Waals surface area contributed by atoms with Crippen LogP contribution in [0.2, 0.25) is 0 Å². The molecular formula is C26H26F4N4O3. The summed E-state index contributed by atoms with van der Waals surface area (Å²) in [6.07, 6.45) is -1.81. The van der Waals surface area contributed by atoms with Crippen LogP contribution in [0, 0.1) is 5.82 Å². The van der Waals surface area contributed by atoms with Gasteiger partial charge in [-0.3, -0.25) is 14.7 Å². The summed E-state index contributed by atoms with van der Waals surface area (Å²) >= 11 is 0. The van der Waals surface area contributed by atoms with Crippen LogP contribution < -0.4 is 10.1 Å². The molecule has 1 aliphatic heterocycles. The minimum atomic E-state index is -2.91. The number of halogens is 4. The quantitative estimate of drug-likeness (QED) is 0.478. The van der Waals surface area contributed by atoms with Crippen LogP contribution in [0.4, 0.5) is 23.2 Å². The van der Waals surface area contributed by atoms with Crippen LogP contribution in [-0.4, -0.2) is 58.7 Å². The number of methoxy groups -OCH3 is 1. The van der Waals surface area contributed by atoms with Gasteiger partial charge in [0.1, 0.15) is 18.0 Å². The van der Waals surface area contributed by atoms with Crippen LogP contribution >= 0.6 is 0 Å². The summed E-state index contributed by atoms with van der Waals surface area (Å²) in [4.78, 5) is 28.4. The molecule has 1 aromatic heterocycles. The fourth-order valence-electron chi connectivity index (χ4n) is 5.41. The third-order valence-electron chi connectivity index (χ3n) is 7.52. The molecule has 3 aromatic rings. The highest BCUT2D eigenvalue weighted by Crippen LogP contribution is 2.47. The number of H-pyrrole nitrogens is 1. The van der Waals surface area contributed by atoms with Gasteiger partial charge in [0, 0.05) is 19.3 Å². The van der Waals surface area contributed by atoms with E-state index in [4.69, 9.17) is 4.74 Å². The van der Waals surface area contributed by atoms with Crippen molar-refractivity contribution in [3.8, 4) is 5.75 Å². The second-order valence-electron chi connectivity index (χ2n) is 9.72. The summed E-state index contributed by atoms with van der Waals surface area (Å²) in [6.45, 7) is -0.353. The van der Waals surface area contributed by atoms with Crippen molar-refractivity contribution in [3.63, 3.8) is 0 Å². The number of anilines is 1. The smallest absolute Gasteiger partial charge is 0.248 e. The van der Waals surface area contributed by atoms with Gasteiger partial charge in [0.25, 0.3) is 0 Å². The van der Waals surface area contributed by atoms with Gasteiger partial charge in [-0.15, -0.1) is 0 Å². The molecule has 2 fully saturated rings. The minimum Gasteiger partial charge on any atom is -0.497 e. The molecule has 0 spiro atoms. The third-order valence-corrected chi connectivity index (χ3v) is 7.52. The normalized spacial score (nSPS) is 22.7. The molecule has 11 heteroatoms. The minimum absolute atomic E-state index is 0.129. The number of benzene rings is 2. The molecule has 5 rings (SSSR count). The Morgan fingerprint density at radius 2 is 1.81 bits per heavy atom. The van der Waals surface area contributed by atoms with Gasteiger partial charge in [0.15, 0.2) is 5.82 Å². The maximum Gasteiger partial charge on any atom is 0.248 e. The molecule has 1 saturated heterocycles. The Balaban J connectivity index is 1.45. The number of carbonyl (C=O) groups excluding carboxylic acids is 2. The number of ether oxygens (including phenoxy) is 1. The Morgan fingerprint density at radius 3 is 2.49 bits per heavy atom. The molecule has 2 amide bonds. The van der Waals surface area contributed by atoms with E-state index >= 15 is 0 Å². The van der Waals surface area contributed by atoms with Gasteiger partial charge in [-0.25, -0.2) is 17.6 Å². The van der Waals surface area contributed by atoms with Crippen molar-refractivity contribution in [1.29, 1.82) is 0 Å². The second kappa shape index (κ2) is 9.35. The van der Waals surface area contributed by atoms with E-state index in [1.54, 1.807) is 24.3 Å². The summed E-state index contributed by atoms with van der Waals surface area (Å²) in [6, 6.07) is 8.23. The summed E-state index contributed by atoms with van der Waals surface area (Å²) < 4.78 is 63.0. The molecule has 2 atom stereocenters. The van der Waals surface area contributed by atoms with Crippen molar-refractivity contribution < 1.29 is 31.9 Å². The zero-order valence-electron chi connectivity index (χ0n) is 20.1. The predicted octanol–water partition coefficient (Wildman–Crippen LogP) is 4.74. The first-order valence-corrected chi connectivity index (χ1v) is 12.0. The average Bonchev–Trinajstić information content (AvgIpc) is 3.53. The molecule has 7 nitrogen and oxygen atoms in total. The standard InChI is InChI=1S/C26H26F4N4O3/c1-37-17-4-2-15(3-5-17)25(8-10-26(29,30)11-9-25)24(36)34-14-16(27)12-21(34)23(35)32-20-7-6-19-18(22(20)28)13-31-33-19/h2-7,13,16,21H,8-12,14H2,1H3,(H,31,33)(H,32,35)/t16-,21-/m1/s1. The zero-order valence-corrected chi connectivity index (χ0v) is 20.1. The van der Waals surface area contributed by atoms with Gasteiger partial charge in [0.05, 0.1) is 41.9 Å². The molecule has 0 bridgehead atoms. The van der Waals surface area contributed by atoms with Crippen molar-refractivity contribution in [2.24, 2.45) is 0 Å². The van der Waals surface area contributed by atoms with Gasteiger partial charge in [-0.1, -0.05) is 12.1 Å². The molecule has 2 N–H and O–H groups in total. The van der Waals surface area contributed by atoms with E-state index in [0.29, 0.717) is 16.8 Å². The zero-order chi connectivity index (χ0) is 26.4. The Hall–Kier alpha value is -3.63. The van der Waals surface area contributed by atoms with Gasteiger partial charge in [-0.2, -0.15) is 5.10 Å². The van der Waals surface area contributed by atoms with Crippen molar-refractivity contribution in [1.82, 2.24) is 15.1 Å². The Morgan fingerprint density at radius 1 is 1.11 bits per heavy atom. The van der Waals surface area contributed by atoms with Crippen molar-refractivity contribution >= 4 is 28.4 Å². The highest BCUT2D eigenvalue weighted by Gasteiger charge is 2.53. The Labute approximate surface area is 210 Å². The van der Waals surface area contributed by atoms with E-state index < -0.39 is 54.0 Å². The molecule has 1 aliphatic carbocycles. The van der Waals surface area contributed by atoms with Crippen LogP contribution in [0.3, 0.4) is 0 Å². The number of hydrogen-bond acceptors (Lipinski definition) is 4. The number of rotatable bonds is 5. The SMILES string of the molecule is COc1ccc(C2(C(=O)N3C[C@H](F)C[C@@H]3C(=O)Nc3ccc4[nH]ncc4c3F)CCC(F)(F)CC2)cc1. The van der Waals surface area contributed by atoms with E-state index in [-0.39, 0.29) is 36.9 Å². The molecule has 196 valence electrons. The lowest BCUT2D eigenvalue weighted by Gasteiger charge is -2.42. The largest absolute Gasteiger partial charge is 0.497 e. The first kappa shape index (κ1) is 25.0. The maximum absolute atomic E-state index is 14.9. The lowest BCUT2D eigenvalue weighted by atomic mass is 9.67. The number of aromatic amines is 1. The van der Waals surface area contributed by atoms with Crippen LogP contribution in [0.25, 0.3) is 10.9 Å². The molecule has 2 heterocycles. The fraction of sp³-hybridized carbons (Fsp3) is 0.423. The van der Waals surface area contributed by atoms with E-state index in [0.717, 1.165) is 4.90 Å². The number of likely N-dealkylation sites (tertiary alicyclic amines) is 1. The predicted molar refractivity (Wildman–Crippen MR) is 128 cm³/mol. The lowest BCUT2D eigenvalue weighted by Crippen LogP contribution is -2.54. The number of nitrogens with one attached hydrogen (secondary N) is 2. The number of aromatic nitrogens is 2. The van der Waals surface area contributed by atoms with Gasteiger partial charge in [0.2, 0.25) is 17.7 Å². The number of hydrogen-bond donors (Lipinski definition) is 2. The van der Waals surface area contributed by atoms with Crippen LogP contribution in [0.5, 0.6) is 5.75 Å². The number of amides is 2. The molecule has 0 radical (unpaired) electrons. The average molecular weight is 519 g/mol. The highest BCUT2D eigenvalue weighted by molar-refractivity contribution is 6.00. The Bertz CT molecular complexity index is 1320. The third kappa shape index (κ3) is 4.51. The van der Waals surface area contributed by atoms with Crippen molar-refractivity contribution in [2.45, 2.75) is 55.7 Å². The first-order valence-electron chi connectivity index (χ1n) is 12.0. The number of alkyl halides is 3. The molecule has 1 saturated carbocycles. The fourth-order valence-corrected chi connectivity index (χ4v) is 5.41.